The maximum Gasteiger partial charge on any atom is 0.318 e. The summed E-state index contributed by atoms with van der Waals surface area (Å²) < 4.78 is 6.04. The van der Waals surface area contributed by atoms with Gasteiger partial charge in [0.2, 0.25) is 0 Å². The number of nitrogens with one attached hydrogen (secondary N) is 1. The summed E-state index contributed by atoms with van der Waals surface area (Å²) in [6, 6.07) is 8.22. The second kappa shape index (κ2) is 10.1. The van der Waals surface area contributed by atoms with Crippen molar-refractivity contribution in [3.8, 4) is 5.75 Å². The first-order valence-corrected chi connectivity index (χ1v) is 11.2. The number of nitrogens with zero attached hydrogens (tertiary/aromatic N) is 2. The van der Waals surface area contributed by atoms with E-state index in [-0.39, 0.29) is 17.6 Å². The van der Waals surface area contributed by atoms with Gasteiger partial charge in [-0.05, 0) is 51.7 Å². The van der Waals surface area contributed by atoms with Gasteiger partial charge in [-0.3, -0.25) is 0 Å². The molecule has 1 aromatic carbocycles. The van der Waals surface area contributed by atoms with Crippen molar-refractivity contribution in [1.29, 1.82) is 0 Å². The lowest BCUT2D eigenvalue weighted by Gasteiger charge is -2.32. The first kappa shape index (κ1) is 23.2. The van der Waals surface area contributed by atoms with E-state index in [2.05, 4.69) is 39.1 Å². The highest BCUT2D eigenvalue weighted by Gasteiger charge is 2.24. The Kier molecular flexibility index (Phi) is 8.08. The van der Waals surface area contributed by atoms with Crippen molar-refractivity contribution in [3.63, 3.8) is 0 Å². The number of benzene rings is 1. The molecule has 2 aromatic rings. The van der Waals surface area contributed by atoms with Gasteiger partial charge in [0.05, 0.1) is 12.2 Å². The third-order valence-electron chi connectivity index (χ3n) is 4.69. The molecule has 0 unspecified atom stereocenters. The van der Waals surface area contributed by atoms with Crippen LogP contribution in [0.1, 0.15) is 77.1 Å². The van der Waals surface area contributed by atoms with Crippen LogP contribution in [-0.2, 0) is 13.2 Å². The third-order valence-corrected chi connectivity index (χ3v) is 5.56. The van der Waals surface area contributed by atoms with Crippen LogP contribution < -0.4 is 10.1 Å². The van der Waals surface area contributed by atoms with Gasteiger partial charge in [0.25, 0.3) is 0 Å². The van der Waals surface area contributed by atoms with Crippen molar-refractivity contribution in [3.05, 3.63) is 45.9 Å². The number of para-hydroxylation sites is 1. The van der Waals surface area contributed by atoms with E-state index in [0.717, 1.165) is 22.9 Å². The average molecular weight is 418 g/mol. The molecule has 6 heteroatoms. The Morgan fingerprint density at radius 1 is 1.24 bits per heavy atom. The lowest BCUT2D eigenvalue weighted by atomic mass is 10.0. The van der Waals surface area contributed by atoms with Crippen LogP contribution in [-0.4, -0.2) is 27.5 Å². The molecule has 1 N–H and O–H groups in total. The standard InChI is InChI=1S/C23H35N3O2S/c1-8-17(4)26(22(27)25-23(5,6)7)13-18-15-29-21(24-18)14-28-20-12-10-9-11-19(20)16(2)3/h9-12,15-17H,8,13-14H2,1-7H3,(H,25,27)/t17-/m0/s1. The van der Waals surface area contributed by atoms with E-state index >= 15 is 0 Å². The molecular formula is C23H35N3O2S. The molecule has 1 aromatic heterocycles. The van der Waals surface area contributed by atoms with Gasteiger partial charge in [0.15, 0.2) is 0 Å². The van der Waals surface area contributed by atoms with E-state index in [1.807, 2.05) is 49.3 Å². The van der Waals surface area contributed by atoms with Crippen LogP contribution in [0.5, 0.6) is 5.75 Å². The zero-order valence-electron chi connectivity index (χ0n) is 18.8. The van der Waals surface area contributed by atoms with Crippen molar-refractivity contribution < 1.29 is 9.53 Å². The minimum Gasteiger partial charge on any atom is -0.486 e. The Balaban J connectivity index is 2.05. The van der Waals surface area contributed by atoms with Crippen molar-refractivity contribution >= 4 is 17.4 Å². The number of aromatic nitrogens is 1. The fraction of sp³-hybridized carbons (Fsp3) is 0.565. The minimum atomic E-state index is -0.270. The van der Waals surface area contributed by atoms with Crippen LogP contribution in [0.15, 0.2) is 29.6 Å². The highest BCUT2D eigenvalue weighted by molar-refractivity contribution is 7.09. The van der Waals surface area contributed by atoms with Gasteiger partial charge in [-0.2, -0.15) is 0 Å². The molecule has 0 aliphatic heterocycles. The first-order chi connectivity index (χ1) is 13.6. The van der Waals surface area contributed by atoms with Crippen LogP contribution in [0.25, 0.3) is 0 Å². The van der Waals surface area contributed by atoms with E-state index in [9.17, 15) is 4.79 Å². The predicted molar refractivity (Wildman–Crippen MR) is 121 cm³/mol. The van der Waals surface area contributed by atoms with E-state index in [0.29, 0.717) is 19.1 Å². The molecule has 5 nitrogen and oxygen atoms in total. The number of carbonyl (C=O) groups is 1. The van der Waals surface area contributed by atoms with Crippen LogP contribution in [0.4, 0.5) is 4.79 Å². The fourth-order valence-electron chi connectivity index (χ4n) is 2.93. The molecule has 0 fully saturated rings. The monoisotopic (exact) mass is 417 g/mol. The van der Waals surface area contributed by atoms with Gasteiger partial charge < -0.3 is 15.0 Å². The predicted octanol–water partition coefficient (Wildman–Crippen LogP) is 5.95. The summed E-state index contributed by atoms with van der Waals surface area (Å²) in [4.78, 5) is 19.3. The summed E-state index contributed by atoms with van der Waals surface area (Å²) in [7, 11) is 0. The summed E-state index contributed by atoms with van der Waals surface area (Å²) >= 11 is 1.57. The number of carbonyl (C=O) groups excluding carboxylic acids is 1. The molecule has 2 rings (SSSR count). The Hall–Kier alpha value is -2.08. The molecule has 2 amide bonds. The maximum absolute atomic E-state index is 12.7. The van der Waals surface area contributed by atoms with Crippen molar-refractivity contribution in [2.45, 2.75) is 85.5 Å². The zero-order chi connectivity index (χ0) is 21.6. The van der Waals surface area contributed by atoms with Gasteiger partial charge in [-0.1, -0.05) is 39.0 Å². The third kappa shape index (κ3) is 7.03. The second-order valence-electron chi connectivity index (χ2n) is 8.78. The molecule has 0 aliphatic carbocycles. The molecule has 0 spiro atoms. The average Bonchev–Trinajstić information content (AvgIpc) is 3.10. The smallest absolute Gasteiger partial charge is 0.318 e. The first-order valence-electron chi connectivity index (χ1n) is 10.3. The summed E-state index contributed by atoms with van der Waals surface area (Å²) in [6.07, 6.45) is 0.893. The van der Waals surface area contributed by atoms with Gasteiger partial charge in [-0.25, -0.2) is 9.78 Å². The molecule has 1 atom stereocenters. The maximum atomic E-state index is 12.7. The molecule has 1 heterocycles. The second-order valence-corrected chi connectivity index (χ2v) is 9.72. The molecule has 0 saturated carbocycles. The number of thiazole rings is 1. The summed E-state index contributed by atoms with van der Waals surface area (Å²) in [6.45, 7) is 15.4. The van der Waals surface area contributed by atoms with Crippen LogP contribution in [0, 0.1) is 0 Å². The number of rotatable bonds is 8. The van der Waals surface area contributed by atoms with Gasteiger partial charge >= 0.3 is 6.03 Å². The SMILES string of the molecule is CC[C@H](C)N(Cc1csc(COc2ccccc2C(C)C)n1)C(=O)NC(C)(C)C. The van der Waals surface area contributed by atoms with Gasteiger partial charge in [-0.15, -0.1) is 11.3 Å². The fourth-order valence-corrected chi connectivity index (χ4v) is 3.63. The lowest BCUT2D eigenvalue weighted by Crippen LogP contribution is -2.50. The van der Waals surface area contributed by atoms with Crippen LogP contribution in [0.2, 0.25) is 0 Å². The molecule has 160 valence electrons. The number of amides is 2. The molecular weight excluding hydrogens is 382 g/mol. The van der Waals surface area contributed by atoms with Gasteiger partial charge in [0.1, 0.15) is 17.4 Å². The van der Waals surface area contributed by atoms with Crippen LogP contribution in [0.3, 0.4) is 0 Å². The Morgan fingerprint density at radius 3 is 2.55 bits per heavy atom. The molecule has 0 aliphatic rings. The normalized spacial score (nSPS) is 12.7. The topological polar surface area (TPSA) is 54.5 Å². The van der Waals surface area contributed by atoms with E-state index in [1.165, 1.54) is 5.56 Å². The lowest BCUT2D eigenvalue weighted by molar-refractivity contribution is 0.164. The van der Waals surface area contributed by atoms with E-state index in [1.54, 1.807) is 11.3 Å². The Morgan fingerprint density at radius 2 is 1.93 bits per heavy atom. The molecule has 29 heavy (non-hydrogen) atoms. The van der Waals surface area contributed by atoms with E-state index < -0.39 is 0 Å². The van der Waals surface area contributed by atoms with Crippen molar-refractivity contribution in [1.82, 2.24) is 15.2 Å². The summed E-state index contributed by atoms with van der Waals surface area (Å²) in [5, 5.41) is 6.00. The number of hydrogen-bond donors (Lipinski definition) is 1. The molecule has 0 bridgehead atoms. The van der Waals surface area contributed by atoms with E-state index in [4.69, 9.17) is 9.72 Å². The van der Waals surface area contributed by atoms with Gasteiger partial charge in [0, 0.05) is 17.0 Å². The van der Waals surface area contributed by atoms with Crippen molar-refractivity contribution in [2.75, 3.05) is 0 Å². The number of hydrogen-bond acceptors (Lipinski definition) is 4. The molecule has 0 saturated heterocycles. The Labute approximate surface area is 179 Å². The van der Waals surface area contributed by atoms with Crippen LogP contribution >= 0.6 is 11.3 Å². The zero-order valence-corrected chi connectivity index (χ0v) is 19.6. The quantitative estimate of drug-likeness (QED) is 0.577. The summed E-state index contributed by atoms with van der Waals surface area (Å²) in [5.41, 5.74) is 1.83. The highest BCUT2D eigenvalue weighted by Crippen LogP contribution is 2.27. The minimum absolute atomic E-state index is 0.0523. The largest absolute Gasteiger partial charge is 0.486 e. The number of urea groups is 1. The van der Waals surface area contributed by atoms with Crippen molar-refractivity contribution in [2.24, 2.45) is 0 Å². The summed E-state index contributed by atoms with van der Waals surface area (Å²) in [5.74, 6) is 1.31. The Bertz CT molecular complexity index is 795. The number of ether oxygens (including phenoxy) is 1. The molecule has 0 radical (unpaired) electrons. The highest BCUT2D eigenvalue weighted by atomic mass is 32.1.